The molecular weight excluding hydrogens is 434 g/mol. The first-order valence-corrected chi connectivity index (χ1v) is 11.3. The third-order valence-corrected chi connectivity index (χ3v) is 6.03. The van der Waals surface area contributed by atoms with E-state index in [2.05, 4.69) is 41.3 Å². The number of aromatic nitrogens is 2. The van der Waals surface area contributed by atoms with Gasteiger partial charge in [0.2, 0.25) is 0 Å². The number of benzene rings is 2. The number of carbonyl (C=O) groups is 2. The summed E-state index contributed by atoms with van der Waals surface area (Å²) < 4.78 is 5.07. The number of hydrogen-bond donors (Lipinski definition) is 1. The zero-order valence-electron chi connectivity index (χ0n) is 18.6. The van der Waals surface area contributed by atoms with Gasteiger partial charge in [-0.05, 0) is 55.7 Å². The minimum absolute atomic E-state index is 0.394. The van der Waals surface area contributed by atoms with Crippen molar-refractivity contribution in [1.82, 2.24) is 9.97 Å². The normalized spacial score (nSPS) is 11.1. The van der Waals surface area contributed by atoms with Gasteiger partial charge >= 0.3 is 5.97 Å². The first kappa shape index (κ1) is 22.4. The molecular formula is C26H23N3O3S. The van der Waals surface area contributed by atoms with Crippen molar-refractivity contribution >= 4 is 45.3 Å². The van der Waals surface area contributed by atoms with Gasteiger partial charge in [-0.25, -0.2) is 9.78 Å². The second kappa shape index (κ2) is 9.75. The number of pyridine rings is 1. The van der Waals surface area contributed by atoms with E-state index in [1.165, 1.54) is 28.5 Å². The van der Waals surface area contributed by atoms with Gasteiger partial charge in [-0.3, -0.25) is 15.1 Å². The van der Waals surface area contributed by atoms with Gasteiger partial charge in [0, 0.05) is 34.2 Å². The van der Waals surface area contributed by atoms with Gasteiger partial charge in [-0.2, -0.15) is 0 Å². The smallest absolute Gasteiger partial charge is 0.331 e. The summed E-state index contributed by atoms with van der Waals surface area (Å²) in [5, 5.41) is 6.03. The van der Waals surface area contributed by atoms with Gasteiger partial charge in [-0.1, -0.05) is 30.3 Å². The largest absolute Gasteiger partial charge is 0.452 e. The van der Waals surface area contributed by atoms with Crippen LogP contribution in [0.15, 0.2) is 60.1 Å². The summed E-state index contributed by atoms with van der Waals surface area (Å²) in [6.07, 6.45) is 4.63. The minimum Gasteiger partial charge on any atom is -0.452 e. The molecule has 2 heterocycles. The van der Waals surface area contributed by atoms with E-state index in [1.807, 2.05) is 42.6 Å². The summed E-state index contributed by atoms with van der Waals surface area (Å²) in [5.41, 5.74) is 6.98. The number of hydrogen-bond acceptors (Lipinski definition) is 6. The summed E-state index contributed by atoms with van der Waals surface area (Å²) in [5.74, 6) is -1.05. The van der Waals surface area contributed by atoms with Crippen LogP contribution in [0.2, 0.25) is 0 Å². The van der Waals surface area contributed by atoms with Crippen LogP contribution in [0.4, 0.5) is 5.13 Å². The van der Waals surface area contributed by atoms with Crippen molar-refractivity contribution in [3.05, 3.63) is 82.4 Å². The molecule has 33 heavy (non-hydrogen) atoms. The molecule has 2 aromatic heterocycles. The summed E-state index contributed by atoms with van der Waals surface area (Å²) in [6, 6.07) is 13.8. The highest BCUT2D eigenvalue weighted by atomic mass is 32.1. The SMILES string of the molecule is Cc1cc(C)c(-c2csc(NC(=O)COC(=O)/C=C/c3cccc4cccnc34)n2)cc1C. The average molecular weight is 458 g/mol. The van der Waals surface area contributed by atoms with E-state index in [0.717, 1.165) is 33.3 Å². The molecule has 4 rings (SSSR count). The second-order valence-corrected chi connectivity index (χ2v) is 8.56. The molecule has 1 amide bonds. The van der Waals surface area contributed by atoms with Gasteiger partial charge < -0.3 is 4.74 Å². The molecule has 1 N–H and O–H groups in total. The predicted molar refractivity (Wildman–Crippen MR) is 132 cm³/mol. The number of amides is 1. The van der Waals surface area contributed by atoms with E-state index in [1.54, 1.807) is 12.3 Å². The Bertz CT molecular complexity index is 1370. The number of thiazole rings is 1. The van der Waals surface area contributed by atoms with E-state index in [0.29, 0.717) is 5.13 Å². The molecule has 0 radical (unpaired) electrons. The van der Waals surface area contributed by atoms with Gasteiger partial charge in [0.1, 0.15) is 0 Å². The number of para-hydroxylation sites is 1. The summed E-state index contributed by atoms with van der Waals surface area (Å²) in [6.45, 7) is 5.79. The molecule has 0 saturated carbocycles. The first-order chi connectivity index (χ1) is 15.9. The number of fused-ring (bicyclic) bond motifs is 1. The molecule has 0 fully saturated rings. The van der Waals surface area contributed by atoms with Crippen molar-refractivity contribution in [2.24, 2.45) is 0 Å². The lowest BCUT2D eigenvalue weighted by atomic mass is 9.99. The van der Waals surface area contributed by atoms with Crippen molar-refractivity contribution in [1.29, 1.82) is 0 Å². The van der Waals surface area contributed by atoms with Crippen molar-refractivity contribution in [3.63, 3.8) is 0 Å². The maximum atomic E-state index is 12.2. The lowest BCUT2D eigenvalue weighted by molar-refractivity contribution is -0.142. The van der Waals surface area contributed by atoms with Crippen molar-refractivity contribution in [2.75, 3.05) is 11.9 Å². The Morgan fingerprint density at radius 2 is 1.85 bits per heavy atom. The molecule has 0 unspecified atom stereocenters. The number of nitrogens with one attached hydrogen (secondary N) is 1. The number of anilines is 1. The highest BCUT2D eigenvalue weighted by Crippen LogP contribution is 2.29. The van der Waals surface area contributed by atoms with E-state index in [4.69, 9.17) is 4.74 Å². The standard InChI is InChI=1S/C26H23N3O3S/c1-16-12-18(3)21(13-17(16)2)22-15-33-26(28-22)29-23(30)14-32-24(31)10-9-20-7-4-6-19-8-5-11-27-25(19)20/h4-13,15H,14H2,1-3H3,(H,28,29,30)/b10-9+. The lowest BCUT2D eigenvalue weighted by Gasteiger charge is -2.07. The fourth-order valence-electron chi connectivity index (χ4n) is 3.45. The number of aryl methyl sites for hydroxylation is 3. The molecule has 4 aromatic rings. The fourth-order valence-corrected chi connectivity index (χ4v) is 4.18. The molecule has 0 aliphatic carbocycles. The maximum Gasteiger partial charge on any atom is 0.331 e. The summed E-state index contributed by atoms with van der Waals surface area (Å²) in [7, 11) is 0. The second-order valence-electron chi connectivity index (χ2n) is 7.70. The minimum atomic E-state index is -0.608. The quantitative estimate of drug-likeness (QED) is 0.306. The van der Waals surface area contributed by atoms with Gasteiger partial charge in [0.05, 0.1) is 11.2 Å². The Morgan fingerprint density at radius 1 is 1.06 bits per heavy atom. The molecule has 0 bridgehead atoms. The Kier molecular flexibility index (Phi) is 6.60. The highest BCUT2D eigenvalue weighted by molar-refractivity contribution is 7.14. The number of rotatable bonds is 6. The van der Waals surface area contributed by atoms with Crippen LogP contribution in [0.1, 0.15) is 22.3 Å². The molecule has 0 spiro atoms. The zero-order chi connectivity index (χ0) is 23.4. The molecule has 0 aliphatic heterocycles. The molecule has 166 valence electrons. The third-order valence-electron chi connectivity index (χ3n) is 5.28. The van der Waals surface area contributed by atoms with Crippen LogP contribution in [0.3, 0.4) is 0 Å². The van der Waals surface area contributed by atoms with Gasteiger partial charge in [0.15, 0.2) is 11.7 Å². The van der Waals surface area contributed by atoms with Crippen molar-refractivity contribution < 1.29 is 14.3 Å². The molecule has 0 atom stereocenters. The molecule has 6 nitrogen and oxygen atoms in total. The number of carbonyl (C=O) groups excluding carboxylic acids is 2. The van der Waals surface area contributed by atoms with E-state index >= 15 is 0 Å². The van der Waals surface area contributed by atoms with E-state index < -0.39 is 18.5 Å². The van der Waals surface area contributed by atoms with E-state index in [9.17, 15) is 9.59 Å². The number of ether oxygens (including phenoxy) is 1. The highest BCUT2D eigenvalue weighted by Gasteiger charge is 2.12. The van der Waals surface area contributed by atoms with Crippen molar-refractivity contribution in [2.45, 2.75) is 20.8 Å². The third kappa shape index (κ3) is 5.32. The van der Waals surface area contributed by atoms with Crippen LogP contribution < -0.4 is 5.32 Å². The monoisotopic (exact) mass is 457 g/mol. The average Bonchev–Trinajstić information content (AvgIpc) is 3.26. The van der Waals surface area contributed by atoms with Gasteiger partial charge in [-0.15, -0.1) is 11.3 Å². The van der Waals surface area contributed by atoms with Crippen LogP contribution in [-0.2, 0) is 14.3 Å². The number of nitrogens with zero attached hydrogens (tertiary/aromatic N) is 2. The zero-order valence-corrected chi connectivity index (χ0v) is 19.4. The molecule has 0 aliphatic rings. The summed E-state index contributed by atoms with van der Waals surface area (Å²) >= 11 is 1.33. The Morgan fingerprint density at radius 3 is 2.70 bits per heavy atom. The van der Waals surface area contributed by atoms with E-state index in [-0.39, 0.29) is 0 Å². The number of esters is 1. The van der Waals surface area contributed by atoms with Crippen LogP contribution in [-0.4, -0.2) is 28.5 Å². The fraction of sp³-hybridized carbons (Fsp3) is 0.154. The first-order valence-electron chi connectivity index (χ1n) is 10.4. The maximum absolute atomic E-state index is 12.2. The van der Waals surface area contributed by atoms with Crippen LogP contribution in [0, 0.1) is 20.8 Å². The Balaban J connectivity index is 1.34. The molecule has 0 saturated heterocycles. The molecule has 2 aromatic carbocycles. The lowest BCUT2D eigenvalue weighted by Crippen LogP contribution is -2.20. The predicted octanol–water partition coefficient (Wildman–Crippen LogP) is 5.48. The van der Waals surface area contributed by atoms with Crippen LogP contribution >= 0.6 is 11.3 Å². The molecule has 7 heteroatoms. The Labute approximate surface area is 196 Å². The Hall–Kier alpha value is -3.84. The van der Waals surface area contributed by atoms with Crippen LogP contribution in [0.5, 0.6) is 0 Å². The summed E-state index contributed by atoms with van der Waals surface area (Å²) in [4.78, 5) is 33.1. The van der Waals surface area contributed by atoms with Crippen LogP contribution in [0.25, 0.3) is 28.2 Å². The van der Waals surface area contributed by atoms with Crippen molar-refractivity contribution in [3.8, 4) is 11.3 Å². The van der Waals surface area contributed by atoms with Gasteiger partial charge in [0.25, 0.3) is 5.91 Å². The topological polar surface area (TPSA) is 81.2 Å².